The Hall–Kier alpha value is -4.98. The van der Waals surface area contributed by atoms with Crippen LogP contribution in [0.1, 0.15) is 81.1 Å². The van der Waals surface area contributed by atoms with E-state index in [0.717, 1.165) is 5.56 Å². The van der Waals surface area contributed by atoms with Gasteiger partial charge in [0.1, 0.15) is 17.0 Å². The number of hydrogen-bond acceptors (Lipinski definition) is 11. The highest BCUT2D eigenvalue weighted by molar-refractivity contribution is 9.10. The van der Waals surface area contributed by atoms with E-state index in [2.05, 4.69) is 30.6 Å². The van der Waals surface area contributed by atoms with Gasteiger partial charge in [0.2, 0.25) is 0 Å². The Kier molecular flexibility index (Phi) is 15.7. The molecule has 0 atom stereocenters. The van der Waals surface area contributed by atoms with Gasteiger partial charge in [-0.3, -0.25) is 0 Å². The lowest BCUT2D eigenvalue weighted by molar-refractivity contribution is 0.0521. The number of benzene rings is 2. The minimum absolute atomic E-state index is 0. The number of halogens is 1. The van der Waals surface area contributed by atoms with Crippen LogP contribution in [0, 0.1) is 0 Å². The minimum atomic E-state index is -0.580. The van der Waals surface area contributed by atoms with Gasteiger partial charge in [-0.05, 0) is 93.4 Å². The van der Waals surface area contributed by atoms with E-state index in [9.17, 15) is 19.2 Å². The number of nitrogen functional groups attached to an aromatic ring is 1. The maximum absolute atomic E-state index is 12.2. The van der Waals surface area contributed by atoms with Gasteiger partial charge in [0.15, 0.2) is 4.73 Å². The highest BCUT2D eigenvalue weighted by Crippen LogP contribution is 2.15. The number of ether oxygens (including phenoxy) is 4. The average Bonchev–Trinajstić information content (AvgIpc) is 3.64. The fourth-order valence-corrected chi connectivity index (χ4v) is 3.95. The first-order valence-electron chi connectivity index (χ1n) is 14.2. The summed E-state index contributed by atoms with van der Waals surface area (Å²) in [5, 5.41) is 0. The lowest BCUT2D eigenvalue weighted by Gasteiger charge is -2.20. The summed E-state index contributed by atoms with van der Waals surface area (Å²) < 4.78 is 22.8. The SMILES string of the molecule is C.CC(C)(C)OC(=O)n1ccnc1Br.COC(=O)c1cccc(Cc2nccn2C(=O)OC(C)(C)C)c1.COC(=O)c1cccc(N)c1. The van der Waals surface area contributed by atoms with Gasteiger partial charge in [0.05, 0.1) is 25.3 Å². The van der Waals surface area contributed by atoms with E-state index < -0.39 is 29.4 Å². The normalized spacial score (nSPS) is 10.5. The third-order valence-electron chi connectivity index (χ3n) is 5.51. The summed E-state index contributed by atoms with van der Waals surface area (Å²) in [5.74, 6) is -0.221. The summed E-state index contributed by atoms with van der Waals surface area (Å²) in [5.41, 5.74) is 6.73. The van der Waals surface area contributed by atoms with E-state index in [1.807, 2.05) is 26.8 Å². The lowest BCUT2D eigenvalue weighted by atomic mass is 10.1. The minimum Gasteiger partial charge on any atom is -0.465 e. The van der Waals surface area contributed by atoms with E-state index in [-0.39, 0.29) is 13.4 Å². The van der Waals surface area contributed by atoms with Crippen molar-refractivity contribution < 1.29 is 38.1 Å². The van der Waals surface area contributed by atoms with Crippen molar-refractivity contribution in [3.8, 4) is 0 Å². The van der Waals surface area contributed by atoms with Gasteiger partial charge in [-0.15, -0.1) is 0 Å². The molecule has 4 rings (SSSR count). The van der Waals surface area contributed by atoms with Crippen LogP contribution in [0.2, 0.25) is 0 Å². The molecule has 0 radical (unpaired) electrons. The van der Waals surface area contributed by atoms with Crippen LogP contribution in [-0.2, 0) is 25.4 Å². The number of carbonyl (C=O) groups excluding carboxylic acids is 4. The van der Waals surface area contributed by atoms with Crippen LogP contribution in [0.25, 0.3) is 0 Å². The largest absolute Gasteiger partial charge is 0.465 e. The van der Waals surface area contributed by atoms with Crippen LogP contribution in [0.4, 0.5) is 15.3 Å². The van der Waals surface area contributed by atoms with Crippen molar-refractivity contribution in [2.24, 2.45) is 0 Å². The van der Waals surface area contributed by atoms with Gasteiger partial charge in [0.25, 0.3) is 0 Å². The number of carbonyl (C=O) groups is 4. The van der Waals surface area contributed by atoms with Gasteiger partial charge >= 0.3 is 24.1 Å². The molecule has 13 nitrogen and oxygen atoms in total. The third-order valence-corrected chi connectivity index (χ3v) is 6.10. The van der Waals surface area contributed by atoms with Crippen LogP contribution in [-0.4, -0.2) is 68.6 Å². The zero-order chi connectivity index (χ0) is 35.4. The van der Waals surface area contributed by atoms with Crippen LogP contribution >= 0.6 is 15.9 Å². The molecule has 0 unspecified atom stereocenters. The molecule has 260 valence electrons. The van der Waals surface area contributed by atoms with Gasteiger partial charge in [-0.25, -0.2) is 38.3 Å². The molecule has 48 heavy (non-hydrogen) atoms. The Morgan fingerprint density at radius 2 is 1.23 bits per heavy atom. The molecule has 14 heteroatoms. The summed E-state index contributed by atoms with van der Waals surface area (Å²) >= 11 is 3.13. The van der Waals surface area contributed by atoms with Crippen molar-refractivity contribution in [2.45, 2.75) is 66.6 Å². The number of nitrogens with two attached hydrogens (primary N) is 1. The van der Waals surface area contributed by atoms with Crippen LogP contribution in [0.15, 0.2) is 78.1 Å². The molecule has 2 aromatic heterocycles. The van der Waals surface area contributed by atoms with Crippen molar-refractivity contribution in [2.75, 3.05) is 20.0 Å². The summed E-state index contributed by atoms with van der Waals surface area (Å²) in [6, 6.07) is 13.7. The molecular formula is C34H44BrN5O8. The number of aromatic nitrogens is 4. The van der Waals surface area contributed by atoms with Crippen molar-refractivity contribution in [3.63, 3.8) is 0 Å². The smallest absolute Gasteiger partial charge is 0.420 e. The topological polar surface area (TPSA) is 167 Å². The summed E-state index contributed by atoms with van der Waals surface area (Å²) in [6.07, 6.45) is 5.66. The summed E-state index contributed by atoms with van der Waals surface area (Å²) in [7, 11) is 2.68. The Balaban J connectivity index is 0.000000391. The molecule has 0 saturated heterocycles. The van der Waals surface area contributed by atoms with E-state index >= 15 is 0 Å². The number of imidazole rings is 2. The second-order valence-electron chi connectivity index (χ2n) is 11.7. The molecule has 0 bridgehead atoms. The van der Waals surface area contributed by atoms with Gasteiger partial charge in [0, 0.05) is 36.9 Å². The summed E-state index contributed by atoms with van der Waals surface area (Å²) in [6.45, 7) is 10.9. The van der Waals surface area contributed by atoms with Crippen molar-refractivity contribution >= 4 is 45.7 Å². The molecule has 0 amide bonds. The van der Waals surface area contributed by atoms with E-state index in [1.165, 1.54) is 35.7 Å². The number of methoxy groups -OCH3 is 2. The molecule has 4 aromatic rings. The molecule has 0 spiro atoms. The van der Waals surface area contributed by atoms with Gasteiger partial charge < -0.3 is 24.7 Å². The molecule has 0 aliphatic carbocycles. The Morgan fingerprint density at radius 3 is 1.71 bits per heavy atom. The van der Waals surface area contributed by atoms with E-state index in [4.69, 9.17) is 19.9 Å². The molecule has 0 aliphatic rings. The molecule has 2 heterocycles. The number of nitrogens with zero attached hydrogens (tertiary/aromatic N) is 4. The van der Waals surface area contributed by atoms with Crippen molar-refractivity contribution in [1.82, 2.24) is 19.1 Å². The lowest BCUT2D eigenvalue weighted by Crippen LogP contribution is -2.27. The zero-order valence-electron chi connectivity index (χ0n) is 27.6. The fourth-order valence-electron chi connectivity index (χ4n) is 3.57. The Morgan fingerprint density at radius 1 is 0.750 bits per heavy atom. The maximum atomic E-state index is 12.2. The van der Waals surface area contributed by atoms with Gasteiger partial charge in [-0.1, -0.05) is 25.6 Å². The number of hydrogen-bond donors (Lipinski definition) is 1. The van der Waals surface area contributed by atoms with Crippen LogP contribution in [0.5, 0.6) is 0 Å². The highest BCUT2D eigenvalue weighted by Gasteiger charge is 2.21. The number of anilines is 1. The molecule has 2 N–H and O–H groups in total. The predicted molar refractivity (Wildman–Crippen MR) is 185 cm³/mol. The predicted octanol–water partition coefficient (Wildman–Crippen LogP) is 7.16. The first-order chi connectivity index (χ1) is 21.9. The standard InChI is InChI=1S/C17H20N2O4.C8H11BrN2O2.C8H9NO2.CH4/c1-17(2,3)23-16(21)19-9-8-18-14(19)11-12-6-5-7-13(10-12)15(20)22-4;1-8(2,3)13-7(12)11-5-4-10-6(11)9;1-11-8(10)6-3-2-4-7(9)5-6;/h5-10H,11H2,1-4H3;4-5H,1-3H3;2-5H,9H2,1H3;1H4. The first-order valence-corrected chi connectivity index (χ1v) is 15.0. The zero-order valence-corrected chi connectivity index (χ0v) is 29.2. The van der Waals surface area contributed by atoms with Crippen molar-refractivity contribution in [1.29, 1.82) is 0 Å². The van der Waals surface area contributed by atoms with Gasteiger partial charge in [-0.2, -0.15) is 0 Å². The van der Waals surface area contributed by atoms with Crippen LogP contribution in [0.3, 0.4) is 0 Å². The average molecular weight is 731 g/mol. The van der Waals surface area contributed by atoms with Crippen molar-refractivity contribution in [3.05, 3.63) is 101 Å². The first kappa shape index (κ1) is 41.0. The molecule has 0 aliphatic heterocycles. The molecular weight excluding hydrogens is 686 g/mol. The molecule has 0 fully saturated rings. The quantitative estimate of drug-likeness (QED) is 0.129. The highest BCUT2D eigenvalue weighted by atomic mass is 79.9. The molecule has 0 saturated carbocycles. The number of esters is 2. The third kappa shape index (κ3) is 13.8. The van der Waals surface area contributed by atoms with E-state index in [0.29, 0.717) is 33.8 Å². The van der Waals surface area contributed by atoms with Crippen LogP contribution < -0.4 is 5.73 Å². The van der Waals surface area contributed by atoms with E-state index in [1.54, 1.807) is 75.6 Å². The second-order valence-corrected chi connectivity index (χ2v) is 12.4. The Labute approximate surface area is 289 Å². The number of rotatable bonds is 4. The Bertz CT molecular complexity index is 1670. The maximum Gasteiger partial charge on any atom is 0.420 e. The monoisotopic (exact) mass is 729 g/mol. The second kappa shape index (κ2) is 18.4. The molecule has 2 aromatic carbocycles. The fraction of sp³-hybridized carbons (Fsp3) is 0.353. The summed E-state index contributed by atoms with van der Waals surface area (Å²) in [4.78, 5) is 54.1.